The van der Waals surface area contributed by atoms with Crippen molar-refractivity contribution < 1.29 is 4.79 Å². The topological polar surface area (TPSA) is 70.9 Å². The molecule has 1 aromatic carbocycles. The van der Waals surface area contributed by atoms with Gasteiger partial charge in [-0.2, -0.15) is 0 Å². The summed E-state index contributed by atoms with van der Waals surface area (Å²) in [5.41, 5.74) is 10.1. The van der Waals surface area contributed by atoms with Crippen molar-refractivity contribution in [2.75, 3.05) is 6.54 Å². The van der Waals surface area contributed by atoms with Gasteiger partial charge in [0.1, 0.15) is 0 Å². The summed E-state index contributed by atoms with van der Waals surface area (Å²) in [5.74, 6) is -0.0399. The molecule has 4 nitrogen and oxygen atoms in total. The van der Waals surface area contributed by atoms with E-state index >= 15 is 0 Å². The van der Waals surface area contributed by atoms with E-state index in [0.29, 0.717) is 12.1 Å². The number of benzene rings is 1. The third-order valence-electron chi connectivity index (χ3n) is 4.52. The molecule has 2 aromatic rings. The van der Waals surface area contributed by atoms with Crippen molar-refractivity contribution >= 4 is 16.8 Å². The molecule has 1 aromatic heterocycles. The highest BCUT2D eigenvalue weighted by molar-refractivity contribution is 5.99. The van der Waals surface area contributed by atoms with Crippen molar-refractivity contribution in [2.45, 2.75) is 38.6 Å². The average molecular weight is 271 g/mol. The summed E-state index contributed by atoms with van der Waals surface area (Å²) in [6.45, 7) is 4.68. The van der Waals surface area contributed by atoms with Crippen LogP contribution in [0.4, 0.5) is 0 Å². The Hall–Kier alpha value is -1.81. The van der Waals surface area contributed by atoms with Crippen molar-refractivity contribution in [3.8, 4) is 0 Å². The van der Waals surface area contributed by atoms with E-state index in [1.165, 1.54) is 12.0 Å². The lowest BCUT2D eigenvalue weighted by molar-refractivity contribution is 0.0930. The minimum Gasteiger partial charge on any atom is -0.358 e. The predicted molar refractivity (Wildman–Crippen MR) is 80.9 cm³/mol. The Kier molecular flexibility index (Phi) is 3.05. The molecule has 1 heterocycles. The van der Waals surface area contributed by atoms with Gasteiger partial charge in [-0.05, 0) is 56.9 Å². The summed E-state index contributed by atoms with van der Waals surface area (Å²) in [6, 6.07) is 5.77. The monoisotopic (exact) mass is 271 g/mol. The Bertz CT molecular complexity index is 668. The first-order chi connectivity index (χ1) is 9.48. The van der Waals surface area contributed by atoms with Crippen molar-refractivity contribution in [2.24, 2.45) is 5.73 Å². The van der Waals surface area contributed by atoms with Gasteiger partial charge in [-0.15, -0.1) is 0 Å². The van der Waals surface area contributed by atoms with Gasteiger partial charge in [0.25, 0.3) is 5.91 Å². The summed E-state index contributed by atoms with van der Waals surface area (Å²) in [5, 5.41) is 4.07. The van der Waals surface area contributed by atoms with Gasteiger partial charge in [0, 0.05) is 34.2 Å². The molecule has 106 valence electrons. The quantitative estimate of drug-likeness (QED) is 0.802. The first-order valence-corrected chi connectivity index (χ1v) is 7.15. The Morgan fingerprint density at radius 1 is 1.40 bits per heavy atom. The zero-order valence-corrected chi connectivity index (χ0v) is 12.0. The average Bonchev–Trinajstić information content (AvgIpc) is 2.69. The van der Waals surface area contributed by atoms with E-state index in [-0.39, 0.29) is 11.4 Å². The van der Waals surface area contributed by atoms with Crippen LogP contribution in [0.15, 0.2) is 18.2 Å². The summed E-state index contributed by atoms with van der Waals surface area (Å²) in [4.78, 5) is 15.5. The highest BCUT2D eigenvalue weighted by Crippen LogP contribution is 2.28. The molecule has 0 spiro atoms. The van der Waals surface area contributed by atoms with Crippen LogP contribution >= 0.6 is 0 Å². The van der Waals surface area contributed by atoms with Gasteiger partial charge >= 0.3 is 0 Å². The minimum atomic E-state index is -0.180. The number of aromatic amines is 1. The highest BCUT2D eigenvalue weighted by atomic mass is 16.1. The molecule has 4 N–H and O–H groups in total. The molecule has 0 radical (unpaired) electrons. The molecule has 0 atom stereocenters. The number of nitrogens with one attached hydrogen (secondary N) is 2. The van der Waals surface area contributed by atoms with E-state index in [1.54, 1.807) is 0 Å². The molecule has 0 aliphatic heterocycles. The van der Waals surface area contributed by atoms with Crippen LogP contribution in [-0.2, 0) is 0 Å². The van der Waals surface area contributed by atoms with Crippen molar-refractivity contribution in [3.05, 3.63) is 35.0 Å². The predicted octanol–water partition coefficient (Wildman–Crippen LogP) is 2.40. The highest BCUT2D eigenvalue weighted by Gasteiger charge is 2.32. The number of nitrogens with two attached hydrogens (primary N) is 1. The van der Waals surface area contributed by atoms with Gasteiger partial charge < -0.3 is 16.0 Å². The van der Waals surface area contributed by atoms with Gasteiger partial charge in [0.15, 0.2) is 0 Å². The fraction of sp³-hybridized carbons (Fsp3) is 0.438. The van der Waals surface area contributed by atoms with Crippen LogP contribution in [0.2, 0.25) is 0 Å². The molecule has 1 fully saturated rings. The molecular weight excluding hydrogens is 250 g/mol. The largest absolute Gasteiger partial charge is 0.358 e. The van der Waals surface area contributed by atoms with Crippen LogP contribution in [0, 0.1) is 13.8 Å². The molecule has 0 saturated heterocycles. The van der Waals surface area contributed by atoms with Gasteiger partial charge in [-0.25, -0.2) is 0 Å². The number of fused-ring (bicyclic) bond motifs is 1. The smallest absolute Gasteiger partial charge is 0.251 e. The number of hydrogen-bond acceptors (Lipinski definition) is 2. The molecule has 1 saturated carbocycles. The van der Waals surface area contributed by atoms with E-state index in [4.69, 9.17) is 5.73 Å². The van der Waals surface area contributed by atoms with Crippen LogP contribution in [0.5, 0.6) is 0 Å². The Morgan fingerprint density at radius 2 is 2.15 bits per heavy atom. The number of aryl methyl sites for hydroxylation is 2. The summed E-state index contributed by atoms with van der Waals surface area (Å²) < 4.78 is 0. The van der Waals surface area contributed by atoms with Crippen molar-refractivity contribution in [1.82, 2.24) is 10.3 Å². The summed E-state index contributed by atoms with van der Waals surface area (Å²) >= 11 is 0. The number of carbonyl (C=O) groups is 1. The Balaban J connectivity index is 1.79. The number of H-pyrrole nitrogens is 1. The molecule has 1 aliphatic carbocycles. The fourth-order valence-corrected chi connectivity index (χ4v) is 2.77. The van der Waals surface area contributed by atoms with Crippen LogP contribution in [0.25, 0.3) is 10.9 Å². The van der Waals surface area contributed by atoms with E-state index in [2.05, 4.69) is 17.2 Å². The molecule has 3 rings (SSSR count). The normalized spacial score (nSPS) is 16.9. The second-order valence-corrected chi connectivity index (χ2v) is 6.03. The number of hydrogen-bond donors (Lipinski definition) is 3. The van der Waals surface area contributed by atoms with Crippen LogP contribution in [-0.4, -0.2) is 23.0 Å². The Labute approximate surface area is 118 Å². The number of aromatic nitrogens is 1. The second kappa shape index (κ2) is 4.63. The van der Waals surface area contributed by atoms with E-state index in [0.717, 1.165) is 29.4 Å². The lowest BCUT2D eigenvalue weighted by Gasteiger charge is -2.38. The Morgan fingerprint density at radius 3 is 2.80 bits per heavy atom. The fourth-order valence-electron chi connectivity index (χ4n) is 2.77. The molecule has 0 bridgehead atoms. The van der Waals surface area contributed by atoms with Gasteiger partial charge in [-0.3, -0.25) is 4.79 Å². The maximum Gasteiger partial charge on any atom is 0.251 e. The SMILES string of the molecule is Cc1[nH]c2ccc(C(=O)NCC3(N)CCC3)cc2c1C. The molecule has 20 heavy (non-hydrogen) atoms. The molecule has 0 unspecified atom stereocenters. The summed E-state index contributed by atoms with van der Waals surface area (Å²) in [6.07, 6.45) is 3.17. The van der Waals surface area contributed by atoms with Crippen molar-refractivity contribution in [3.63, 3.8) is 0 Å². The maximum atomic E-state index is 12.2. The van der Waals surface area contributed by atoms with E-state index in [1.807, 2.05) is 25.1 Å². The minimum absolute atomic E-state index is 0.0399. The van der Waals surface area contributed by atoms with Gasteiger partial charge in [0.2, 0.25) is 0 Å². The maximum absolute atomic E-state index is 12.2. The van der Waals surface area contributed by atoms with Crippen LogP contribution < -0.4 is 11.1 Å². The van der Waals surface area contributed by atoms with E-state index in [9.17, 15) is 4.79 Å². The zero-order valence-electron chi connectivity index (χ0n) is 12.0. The molecule has 4 heteroatoms. The molecular formula is C16H21N3O. The van der Waals surface area contributed by atoms with Gasteiger partial charge in [0.05, 0.1) is 0 Å². The number of rotatable bonds is 3. The van der Waals surface area contributed by atoms with Crippen molar-refractivity contribution in [1.29, 1.82) is 0 Å². The third-order valence-corrected chi connectivity index (χ3v) is 4.52. The zero-order chi connectivity index (χ0) is 14.3. The lowest BCUT2D eigenvalue weighted by Crippen LogP contribution is -2.54. The molecule has 1 aliphatic rings. The second-order valence-electron chi connectivity index (χ2n) is 6.03. The standard InChI is InChI=1S/C16H21N3O/c1-10-11(2)19-14-5-4-12(8-13(10)14)15(20)18-9-16(17)6-3-7-16/h4-5,8,19H,3,6-7,9,17H2,1-2H3,(H,18,20). The molecule has 1 amide bonds. The van der Waals surface area contributed by atoms with Crippen LogP contribution in [0.1, 0.15) is 40.9 Å². The van der Waals surface area contributed by atoms with E-state index < -0.39 is 0 Å². The first kappa shape index (κ1) is 13.2. The number of amides is 1. The number of carbonyl (C=O) groups excluding carboxylic acids is 1. The lowest BCUT2D eigenvalue weighted by atomic mass is 9.78. The summed E-state index contributed by atoms with van der Waals surface area (Å²) in [7, 11) is 0. The third kappa shape index (κ3) is 2.20. The first-order valence-electron chi connectivity index (χ1n) is 7.15. The van der Waals surface area contributed by atoms with Gasteiger partial charge in [-0.1, -0.05) is 0 Å². The van der Waals surface area contributed by atoms with Crippen LogP contribution in [0.3, 0.4) is 0 Å².